The van der Waals surface area contributed by atoms with E-state index < -0.39 is 0 Å². The molecular weight excluding hydrogens is 126 g/mol. The maximum absolute atomic E-state index is 5.55. The average Bonchev–Trinajstić information content (AvgIpc) is 1.91. The second-order valence-electron chi connectivity index (χ2n) is 1.91. The van der Waals surface area contributed by atoms with Crippen molar-refractivity contribution in [1.29, 1.82) is 0 Å². The number of nitrogens with two attached hydrogens (primary N) is 2. The van der Waals surface area contributed by atoms with Crippen LogP contribution in [0.4, 0.5) is 0 Å². The van der Waals surface area contributed by atoms with E-state index in [0.29, 0.717) is 12.4 Å². The summed E-state index contributed by atoms with van der Waals surface area (Å²) in [4.78, 5) is 4.01. The fourth-order valence-corrected chi connectivity index (χ4v) is 0.656. The molecule has 4 N–H and O–H groups in total. The van der Waals surface area contributed by atoms with Gasteiger partial charge in [-0.25, -0.2) is 0 Å². The van der Waals surface area contributed by atoms with Gasteiger partial charge in [-0.05, 0) is 13.3 Å². The predicted molar refractivity (Wildman–Crippen MR) is 44.7 cm³/mol. The van der Waals surface area contributed by atoms with Gasteiger partial charge in [0.05, 0.1) is 0 Å². The summed E-state index contributed by atoms with van der Waals surface area (Å²) in [6, 6.07) is 0. The van der Waals surface area contributed by atoms with Crippen LogP contribution in [0.25, 0.3) is 0 Å². The Labute approximate surface area is 61.8 Å². The van der Waals surface area contributed by atoms with Gasteiger partial charge in [0.2, 0.25) is 0 Å². The zero-order valence-corrected chi connectivity index (χ0v) is 6.59. The van der Waals surface area contributed by atoms with E-state index in [-0.39, 0.29) is 0 Å². The summed E-state index contributed by atoms with van der Waals surface area (Å²) in [5.74, 6) is 0.563. The van der Waals surface area contributed by atoms with Gasteiger partial charge in [0.15, 0.2) is 0 Å². The first-order chi connectivity index (χ1) is 4.76. The fraction of sp³-hybridized carbons (Fsp3) is 0.571. The van der Waals surface area contributed by atoms with Crippen LogP contribution in [0.3, 0.4) is 0 Å². The van der Waals surface area contributed by atoms with Crippen molar-refractivity contribution in [3.63, 3.8) is 0 Å². The summed E-state index contributed by atoms with van der Waals surface area (Å²) in [5, 5.41) is 0. The molecule has 0 radical (unpaired) electrons. The lowest BCUT2D eigenvalue weighted by Crippen LogP contribution is -2.16. The number of hydrogen-bond acceptors (Lipinski definition) is 2. The third-order valence-electron chi connectivity index (χ3n) is 1.24. The second-order valence-corrected chi connectivity index (χ2v) is 1.91. The van der Waals surface area contributed by atoms with Crippen molar-refractivity contribution in [2.45, 2.75) is 20.3 Å². The highest BCUT2D eigenvalue weighted by molar-refractivity contribution is 5.96. The largest absolute Gasteiger partial charge is 0.404 e. The predicted octanol–water partition coefficient (Wildman–Crippen LogP) is 0.616. The van der Waals surface area contributed by atoms with Gasteiger partial charge < -0.3 is 11.5 Å². The van der Waals surface area contributed by atoms with Crippen LogP contribution in [0.1, 0.15) is 20.3 Å². The van der Waals surface area contributed by atoms with E-state index in [9.17, 15) is 0 Å². The van der Waals surface area contributed by atoms with Crippen molar-refractivity contribution < 1.29 is 0 Å². The van der Waals surface area contributed by atoms with E-state index in [0.717, 1.165) is 12.0 Å². The average molecular weight is 141 g/mol. The van der Waals surface area contributed by atoms with Gasteiger partial charge in [0, 0.05) is 18.3 Å². The molecule has 0 saturated heterocycles. The van der Waals surface area contributed by atoms with E-state index >= 15 is 0 Å². The summed E-state index contributed by atoms with van der Waals surface area (Å²) in [7, 11) is 0. The van der Waals surface area contributed by atoms with Crippen molar-refractivity contribution in [2.75, 3.05) is 6.54 Å². The minimum Gasteiger partial charge on any atom is -0.404 e. The summed E-state index contributed by atoms with van der Waals surface area (Å²) in [6.45, 7) is 4.65. The third-order valence-corrected chi connectivity index (χ3v) is 1.24. The molecule has 0 aliphatic heterocycles. The molecule has 0 saturated carbocycles. The Morgan fingerprint density at radius 3 is 2.40 bits per heavy atom. The molecule has 0 aromatic heterocycles. The number of nitrogens with zero attached hydrogens (tertiary/aromatic N) is 1. The highest BCUT2D eigenvalue weighted by Gasteiger charge is 1.95. The van der Waals surface area contributed by atoms with Crippen LogP contribution < -0.4 is 11.5 Å². The highest BCUT2D eigenvalue weighted by Crippen LogP contribution is 1.97. The number of amidine groups is 1. The Balaban J connectivity index is 4.16. The van der Waals surface area contributed by atoms with Crippen molar-refractivity contribution in [2.24, 2.45) is 16.5 Å². The molecule has 0 amide bonds. The third kappa shape index (κ3) is 2.53. The van der Waals surface area contributed by atoms with Crippen LogP contribution in [-0.2, 0) is 0 Å². The Kier molecular flexibility index (Phi) is 4.37. The fourth-order valence-electron chi connectivity index (χ4n) is 0.656. The molecule has 0 aliphatic rings. The Morgan fingerprint density at radius 2 is 2.10 bits per heavy atom. The Hall–Kier alpha value is -0.990. The summed E-state index contributed by atoms with van der Waals surface area (Å²) < 4.78 is 0. The van der Waals surface area contributed by atoms with Gasteiger partial charge in [0.25, 0.3) is 0 Å². The minimum absolute atomic E-state index is 0.563. The smallest absolute Gasteiger partial charge is 0.122 e. The molecule has 0 heterocycles. The summed E-state index contributed by atoms with van der Waals surface area (Å²) in [5.41, 5.74) is 11.8. The molecule has 58 valence electrons. The van der Waals surface area contributed by atoms with Gasteiger partial charge in [0.1, 0.15) is 5.84 Å². The minimum atomic E-state index is 0.563. The molecule has 0 fully saturated rings. The molecule has 0 aromatic rings. The zero-order valence-electron chi connectivity index (χ0n) is 6.59. The van der Waals surface area contributed by atoms with Crippen molar-refractivity contribution >= 4 is 5.84 Å². The van der Waals surface area contributed by atoms with Crippen LogP contribution in [0.15, 0.2) is 16.8 Å². The van der Waals surface area contributed by atoms with Gasteiger partial charge in [-0.3, -0.25) is 4.99 Å². The van der Waals surface area contributed by atoms with Crippen LogP contribution in [0, 0.1) is 0 Å². The highest BCUT2D eigenvalue weighted by atomic mass is 14.8. The molecule has 3 nitrogen and oxygen atoms in total. The quantitative estimate of drug-likeness (QED) is 0.447. The zero-order chi connectivity index (χ0) is 7.98. The maximum Gasteiger partial charge on any atom is 0.122 e. The molecule has 0 spiro atoms. The molecule has 0 aliphatic carbocycles. The Bertz CT molecular complexity index is 147. The van der Waals surface area contributed by atoms with Gasteiger partial charge in [-0.15, -0.1) is 0 Å². The molecule has 3 heteroatoms. The number of rotatable bonds is 3. The summed E-state index contributed by atoms with van der Waals surface area (Å²) >= 11 is 0. The van der Waals surface area contributed by atoms with E-state index in [1.54, 1.807) is 0 Å². The molecule has 0 bridgehead atoms. The lowest BCUT2D eigenvalue weighted by molar-refractivity contribution is 1.09. The number of hydrogen-bond donors (Lipinski definition) is 2. The number of aliphatic imine (C=N–C) groups is 1. The van der Waals surface area contributed by atoms with E-state index in [4.69, 9.17) is 11.5 Å². The molecule has 0 aromatic carbocycles. The van der Waals surface area contributed by atoms with Crippen molar-refractivity contribution in [3.8, 4) is 0 Å². The van der Waals surface area contributed by atoms with Gasteiger partial charge in [-0.1, -0.05) is 6.92 Å². The molecule has 0 unspecified atom stereocenters. The van der Waals surface area contributed by atoms with Crippen LogP contribution in [-0.4, -0.2) is 12.4 Å². The lowest BCUT2D eigenvalue weighted by Gasteiger charge is -2.00. The van der Waals surface area contributed by atoms with E-state index in [1.165, 1.54) is 6.20 Å². The first kappa shape index (κ1) is 9.01. The van der Waals surface area contributed by atoms with Crippen LogP contribution >= 0.6 is 0 Å². The monoisotopic (exact) mass is 141 g/mol. The van der Waals surface area contributed by atoms with Gasteiger partial charge in [-0.2, -0.15) is 0 Å². The molecular formula is C7H15N3. The maximum atomic E-state index is 5.55. The molecule has 0 rings (SSSR count). The molecule has 0 atom stereocenters. The first-order valence-electron chi connectivity index (χ1n) is 3.47. The first-order valence-corrected chi connectivity index (χ1v) is 3.47. The topological polar surface area (TPSA) is 64.4 Å². The molecule has 10 heavy (non-hydrogen) atoms. The van der Waals surface area contributed by atoms with E-state index in [2.05, 4.69) is 4.99 Å². The summed E-state index contributed by atoms with van der Waals surface area (Å²) in [6.07, 6.45) is 2.35. The SMILES string of the molecule is CC/N=C(N)\C(=C\N)CC. The normalized spacial score (nSPS) is 13.8. The van der Waals surface area contributed by atoms with Crippen molar-refractivity contribution in [1.82, 2.24) is 0 Å². The lowest BCUT2D eigenvalue weighted by atomic mass is 10.2. The van der Waals surface area contributed by atoms with Crippen molar-refractivity contribution in [3.05, 3.63) is 11.8 Å². The standard InChI is InChI=1S/C7H15N3/c1-3-6(5-8)7(9)10-4-2/h5H,3-4,8H2,1-2H3,(H2,9,10)/b6-5+. The Morgan fingerprint density at radius 1 is 1.50 bits per heavy atom. The van der Waals surface area contributed by atoms with Crippen LogP contribution in [0.2, 0.25) is 0 Å². The van der Waals surface area contributed by atoms with Crippen LogP contribution in [0.5, 0.6) is 0 Å². The van der Waals surface area contributed by atoms with Gasteiger partial charge >= 0.3 is 0 Å². The second kappa shape index (κ2) is 4.85. The van der Waals surface area contributed by atoms with E-state index in [1.807, 2.05) is 13.8 Å².